The summed E-state index contributed by atoms with van der Waals surface area (Å²) >= 11 is 1.31. The van der Waals surface area contributed by atoms with Crippen molar-refractivity contribution in [1.29, 1.82) is 0 Å². The molecule has 3 rings (SSSR count). The summed E-state index contributed by atoms with van der Waals surface area (Å²) in [5.41, 5.74) is 5.92. The minimum atomic E-state index is -0.159. The van der Waals surface area contributed by atoms with Crippen molar-refractivity contribution in [2.24, 2.45) is 5.41 Å². The molecule has 0 radical (unpaired) electrons. The van der Waals surface area contributed by atoms with E-state index in [1.54, 1.807) is 0 Å². The number of thiazole rings is 1. The first-order valence-corrected chi connectivity index (χ1v) is 7.85. The standard InChI is InChI=1S/C13H20N4O2S/c14-10-9(20-12(17-10)16-8-1-2-8)11(19)15-7-13(3-4-13)5-6-18/h8,18H,1-7,14H2,(H,15,19)(H,16,17). The van der Waals surface area contributed by atoms with Crippen LogP contribution >= 0.6 is 11.3 Å². The lowest BCUT2D eigenvalue weighted by atomic mass is 10.0. The molecule has 6 nitrogen and oxygen atoms in total. The Balaban J connectivity index is 1.57. The van der Waals surface area contributed by atoms with Crippen molar-refractivity contribution in [3.05, 3.63) is 4.88 Å². The van der Waals surface area contributed by atoms with Crippen LogP contribution in [0.25, 0.3) is 0 Å². The molecule has 20 heavy (non-hydrogen) atoms. The van der Waals surface area contributed by atoms with E-state index in [0.29, 0.717) is 23.3 Å². The van der Waals surface area contributed by atoms with Crippen molar-refractivity contribution in [2.45, 2.75) is 38.1 Å². The zero-order valence-corrected chi connectivity index (χ0v) is 12.1. The first-order chi connectivity index (χ1) is 9.62. The van der Waals surface area contributed by atoms with Gasteiger partial charge in [-0.3, -0.25) is 4.79 Å². The predicted octanol–water partition coefficient (Wildman–Crippen LogP) is 1.19. The molecule has 2 aliphatic rings. The van der Waals surface area contributed by atoms with E-state index in [-0.39, 0.29) is 17.9 Å². The molecule has 0 spiro atoms. The van der Waals surface area contributed by atoms with Crippen molar-refractivity contribution < 1.29 is 9.90 Å². The smallest absolute Gasteiger partial charge is 0.265 e. The van der Waals surface area contributed by atoms with Gasteiger partial charge in [-0.15, -0.1) is 0 Å². The number of rotatable bonds is 7. The van der Waals surface area contributed by atoms with Crippen LogP contribution in [0.4, 0.5) is 10.9 Å². The molecule has 1 amide bonds. The fourth-order valence-corrected chi connectivity index (χ4v) is 3.11. The van der Waals surface area contributed by atoms with Gasteiger partial charge >= 0.3 is 0 Å². The molecule has 1 heterocycles. The molecule has 0 atom stereocenters. The molecule has 0 saturated heterocycles. The quantitative estimate of drug-likeness (QED) is 0.605. The maximum atomic E-state index is 12.1. The van der Waals surface area contributed by atoms with Crippen LogP contribution in [0, 0.1) is 5.41 Å². The predicted molar refractivity (Wildman–Crippen MR) is 78.9 cm³/mol. The van der Waals surface area contributed by atoms with Gasteiger partial charge in [0, 0.05) is 19.2 Å². The molecule has 1 aromatic rings. The fourth-order valence-electron chi connectivity index (χ4n) is 2.24. The minimum Gasteiger partial charge on any atom is -0.396 e. The number of nitrogen functional groups attached to an aromatic ring is 1. The van der Waals surface area contributed by atoms with Crippen LogP contribution in [-0.4, -0.2) is 35.2 Å². The van der Waals surface area contributed by atoms with Crippen molar-refractivity contribution in [2.75, 3.05) is 24.2 Å². The summed E-state index contributed by atoms with van der Waals surface area (Å²) < 4.78 is 0. The number of aliphatic hydroxyl groups excluding tert-OH is 1. The maximum absolute atomic E-state index is 12.1. The van der Waals surface area contributed by atoms with Crippen LogP contribution in [-0.2, 0) is 0 Å². The third-order valence-corrected chi connectivity index (χ3v) is 4.99. The Labute approximate surface area is 121 Å². The van der Waals surface area contributed by atoms with Crippen LogP contribution in [0.1, 0.15) is 41.8 Å². The van der Waals surface area contributed by atoms with Gasteiger partial charge in [0.1, 0.15) is 10.7 Å². The molecular formula is C13H20N4O2S. The number of aromatic nitrogens is 1. The number of aliphatic hydroxyl groups is 1. The highest BCUT2D eigenvalue weighted by atomic mass is 32.1. The highest BCUT2D eigenvalue weighted by Gasteiger charge is 2.42. The summed E-state index contributed by atoms with van der Waals surface area (Å²) in [4.78, 5) is 16.8. The largest absolute Gasteiger partial charge is 0.396 e. The van der Waals surface area contributed by atoms with Crippen molar-refractivity contribution in [3.63, 3.8) is 0 Å². The van der Waals surface area contributed by atoms with E-state index >= 15 is 0 Å². The lowest BCUT2D eigenvalue weighted by Gasteiger charge is -2.13. The van der Waals surface area contributed by atoms with E-state index in [9.17, 15) is 4.79 Å². The molecule has 0 bridgehead atoms. The summed E-state index contributed by atoms with van der Waals surface area (Å²) in [5, 5.41) is 15.9. The second kappa shape index (κ2) is 5.21. The summed E-state index contributed by atoms with van der Waals surface area (Å²) in [6, 6.07) is 0.496. The van der Waals surface area contributed by atoms with E-state index in [1.807, 2.05) is 0 Å². The van der Waals surface area contributed by atoms with E-state index in [0.717, 1.165) is 37.2 Å². The number of nitrogens with one attached hydrogen (secondary N) is 2. The van der Waals surface area contributed by atoms with Crippen LogP contribution in [0.3, 0.4) is 0 Å². The van der Waals surface area contributed by atoms with Gasteiger partial charge in [-0.25, -0.2) is 4.98 Å². The number of anilines is 2. The summed E-state index contributed by atoms with van der Waals surface area (Å²) in [7, 11) is 0. The van der Waals surface area contributed by atoms with Crippen molar-refractivity contribution in [3.8, 4) is 0 Å². The highest BCUT2D eigenvalue weighted by molar-refractivity contribution is 7.18. The Morgan fingerprint density at radius 2 is 2.25 bits per heavy atom. The number of amides is 1. The van der Waals surface area contributed by atoms with E-state index < -0.39 is 0 Å². The van der Waals surface area contributed by atoms with Gasteiger partial charge in [0.15, 0.2) is 5.13 Å². The molecule has 5 N–H and O–H groups in total. The SMILES string of the molecule is Nc1nc(NC2CC2)sc1C(=O)NCC1(CCO)CC1. The Kier molecular flexibility index (Phi) is 3.55. The van der Waals surface area contributed by atoms with Crippen molar-refractivity contribution >= 4 is 28.2 Å². The molecule has 2 aliphatic carbocycles. The average Bonchev–Trinajstić information content (AvgIpc) is 3.31. The van der Waals surface area contributed by atoms with Gasteiger partial charge in [0.05, 0.1) is 0 Å². The first kappa shape index (κ1) is 13.6. The first-order valence-electron chi connectivity index (χ1n) is 7.04. The van der Waals surface area contributed by atoms with Crippen LogP contribution in [0.2, 0.25) is 0 Å². The summed E-state index contributed by atoms with van der Waals surface area (Å²) in [6.07, 6.45) is 5.20. The Morgan fingerprint density at radius 1 is 1.50 bits per heavy atom. The maximum Gasteiger partial charge on any atom is 0.265 e. The van der Waals surface area contributed by atoms with Gasteiger partial charge in [-0.05, 0) is 37.5 Å². The Morgan fingerprint density at radius 3 is 2.85 bits per heavy atom. The molecule has 2 saturated carbocycles. The average molecular weight is 296 g/mol. The zero-order chi connectivity index (χ0) is 14.2. The molecule has 0 unspecified atom stereocenters. The van der Waals surface area contributed by atoms with E-state index in [1.165, 1.54) is 11.3 Å². The Hall–Kier alpha value is -1.34. The number of hydrogen-bond acceptors (Lipinski definition) is 6. The number of hydrogen-bond donors (Lipinski definition) is 4. The minimum absolute atomic E-state index is 0.110. The van der Waals surface area contributed by atoms with E-state index in [2.05, 4.69) is 15.6 Å². The second-order valence-electron chi connectivity index (χ2n) is 5.81. The fraction of sp³-hybridized carbons (Fsp3) is 0.692. The molecule has 2 fully saturated rings. The van der Waals surface area contributed by atoms with Gasteiger partial charge in [-0.1, -0.05) is 11.3 Å². The molecule has 7 heteroatoms. The zero-order valence-electron chi connectivity index (χ0n) is 11.3. The van der Waals surface area contributed by atoms with Gasteiger partial charge in [-0.2, -0.15) is 0 Å². The van der Waals surface area contributed by atoms with Crippen LogP contribution < -0.4 is 16.4 Å². The molecular weight excluding hydrogens is 276 g/mol. The molecule has 0 aromatic carbocycles. The third kappa shape index (κ3) is 3.04. The van der Waals surface area contributed by atoms with Crippen LogP contribution in [0.15, 0.2) is 0 Å². The highest BCUT2D eigenvalue weighted by Crippen LogP contribution is 2.48. The number of nitrogens with two attached hydrogens (primary N) is 1. The van der Waals surface area contributed by atoms with E-state index in [4.69, 9.17) is 10.8 Å². The summed E-state index contributed by atoms with van der Waals surface area (Å²) in [5.74, 6) is 0.135. The normalized spacial score (nSPS) is 19.6. The second-order valence-corrected chi connectivity index (χ2v) is 6.81. The van der Waals surface area contributed by atoms with Gasteiger partial charge in [0.2, 0.25) is 0 Å². The van der Waals surface area contributed by atoms with Crippen LogP contribution in [0.5, 0.6) is 0 Å². The lowest BCUT2D eigenvalue weighted by molar-refractivity contribution is 0.0945. The van der Waals surface area contributed by atoms with Gasteiger partial charge in [0.25, 0.3) is 5.91 Å². The molecule has 110 valence electrons. The third-order valence-electron chi connectivity index (χ3n) is 3.99. The van der Waals surface area contributed by atoms with Gasteiger partial charge < -0.3 is 21.5 Å². The number of carbonyl (C=O) groups excluding carboxylic acids is 1. The topological polar surface area (TPSA) is 100 Å². The summed E-state index contributed by atoms with van der Waals surface area (Å²) in [6.45, 7) is 0.781. The number of carbonyl (C=O) groups is 1. The van der Waals surface area contributed by atoms with Crippen molar-refractivity contribution in [1.82, 2.24) is 10.3 Å². The number of nitrogens with zero attached hydrogens (tertiary/aromatic N) is 1. The lowest BCUT2D eigenvalue weighted by Crippen LogP contribution is -2.30. The Bertz CT molecular complexity index is 508. The molecule has 1 aromatic heterocycles. The molecule has 0 aliphatic heterocycles. The monoisotopic (exact) mass is 296 g/mol.